The van der Waals surface area contributed by atoms with E-state index in [1.165, 1.54) is 11.2 Å². The fourth-order valence-corrected chi connectivity index (χ4v) is 5.17. The summed E-state index contributed by atoms with van der Waals surface area (Å²) >= 11 is 6.05. The average molecular weight is 502 g/mol. The van der Waals surface area contributed by atoms with E-state index in [2.05, 4.69) is 21.8 Å². The van der Waals surface area contributed by atoms with Crippen molar-refractivity contribution in [3.63, 3.8) is 0 Å². The van der Waals surface area contributed by atoms with Gasteiger partial charge in [0.25, 0.3) is 0 Å². The van der Waals surface area contributed by atoms with Crippen molar-refractivity contribution in [2.75, 3.05) is 37.6 Å². The van der Waals surface area contributed by atoms with Gasteiger partial charge in [-0.2, -0.15) is 0 Å². The number of aliphatic hydroxyl groups is 1. The summed E-state index contributed by atoms with van der Waals surface area (Å²) < 4.78 is 0. The van der Waals surface area contributed by atoms with Crippen molar-refractivity contribution < 1.29 is 19.8 Å². The van der Waals surface area contributed by atoms with E-state index in [0.29, 0.717) is 43.3 Å². The number of piperazine rings is 1. The third kappa shape index (κ3) is 5.21. The molecule has 9 nitrogen and oxygen atoms in total. The number of rotatable bonds is 6. The molecule has 0 spiro atoms. The van der Waals surface area contributed by atoms with Crippen LogP contribution in [-0.2, 0) is 4.79 Å². The number of amides is 2. The van der Waals surface area contributed by atoms with Crippen LogP contribution in [0.25, 0.3) is 0 Å². The summed E-state index contributed by atoms with van der Waals surface area (Å²) in [5.41, 5.74) is 2.43. The first-order valence-electron chi connectivity index (χ1n) is 12.0. The van der Waals surface area contributed by atoms with Crippen molar-refractivity contribution in [2.45, 2.75) is 51.2 Å². The smallest absolute Gasteiger partial charge is 0.407 e. The minimum atomic E-state index is -1.05. The number of carbonyl (C=O) groups excluding carboxylic acids is 1. The first-order valence-corrected chi connectivity index (χ1v) is 12.4. The molecule has 3 atom stereocenters. The van der Waals surface area contributed by atoms with Crippen LogP contribution in [0.2, 0.25) is 5.02 Å². The number of halogens is 1. The molecular weight excluding hydrogens is 470 g/mol. The summed E-state index contributed by atoms with van der Waals surface area (Å²) in [5.74, 6) is 0.270. The molecule has 0 radical (unpaired) electrons. The Balaban J connectivity index is 1.52. The van der Waals surface area contributed by atoms with Crippen LogP contribution in [0.4, 0.5) is 10.6 Å². The Morgan fingerprint density at radius 2 is 1.80 bits per heavy atom. The van der Waals surface area contributed by atoms with Crippen LogP contribution in [0.1, 0.15) is 62.0 Å². The minimum absolute atomic E-state index is 0.0719. The quantitative estimate of drug-likeness (QED) is 0.623. The first-order chi connectivity index (χ1) is 16.7. The molecule has 1 aromatic heterocycles. The van der Waals surface area contributed by atoms with Gasteiger partial charge in [0.05, 0.1) is 17.7 Å². The van der Waals surface area contributed by atoms with Gasteiger partial charge in [-0.15, -0.1) is 0 Å². The van der Waals surface area contributed by atoms with E-state index in [-0.39, 0.29) is 24.4 Å². The van der Waals surface area contributed by atoms with E-state index >= 15 is 0 Å². The van der Waals surface area contributed by atoms with Crippen LogP contribution in [0, 0.1) is 0 Å². The van der Waals surface area contributed by atoms with Gasteiger partial charge in [-0.25, -0.2) is 14.8 Å². The summed E-state index contributed by atoms with van der Waals surface area (Å²) in [6.07, 6.45) is 0.516. The third-order valence-electron chi connectivity index (χ3n) is 6.99. The highest BCUT2D eigenvalue weighted by molar-refractivity contribution is 6.30. The van der Waals surface area contributed by atoms with Gasteiger partial charge in [-0.3, -0.25) is 4.79 Å². The minimum Gasteiger partial charge on any atom is -0.465 e. The molecule has 1 aliphatic carbocycles. The summed E-state index contributed by atoms with van der Waals surface area (Å²) in [4.78, 5) is 39.6. The molecule has 0 saturated carbocycles. The van der Waals surface area contributed by atoms with Gasteiger partial charge in [-0.05, 0) is 43.9 Å². The number of carboxylic acid groups (broad SMARTS) is 1. The molecule has 2 aliphatic rings. The summed E-state index contributed by atoms with van der Waals surface area (Å²) in [6.45, 7) is 7.92. The molecule has 35 heavy (non-hydrogen) atoms. The van der Waals surface area contributed by atoms with E-state index < -0.39 is 18.1 Å². The molecule has 2 heterocycles. The monoisotopic (exact) mass is 501 g/mol. The van der Waals surface area contributed by atoms with Crippen molar-refractivity contribution in [2.24, 2.45) is 0 Å². The first kappa shape index (κ1) is 25.2. The fourth-order valence-electron chi connectivity index (χ4n) is 5.04. The van der Waals surface area contributed by atoms with Crippen molar-refractivity contribution >= 4 is 29.4 Å². The number of nitrogens with zero attached hydrogens (tertiary/aromatic N) is 5. The zero-order valence-corrected chi connectivity index (χ0v) is 21.0. The molecule has 1 saturated heterocycles. The predicted octanol–water partition coefficient (Wildman–Crippen LogP) is 3.49. The van der Waals surface area contributed by atoms with Gasteiger partial charge in [0.1, 0.15) is 12.1 Å². The van der Waals surface area contributed by atoms with Gasteiger partial charge in [0.15, 0.2) is 0 Å². The molecule has 188 valence electrons. The number of benzene rings is 1. The standard InChI is InChI=1S/C25H32ClN5O4/c1-15(2)31(25(34)35)13-19(17-4-6-18(26)7-5-17)24(33)30-10-8-29(9-11-30)23-21-16(3)12-20(32)22(21)27-14-28-23/h4-7,14-16,19-20,32H,8-13H2,1-3H3,(H,34,35)/t16-,19-,20-/m1/s1. The van der Waals surface area contributed by atoms with E-state index in [0.717, 1.165) is 16.9 Å². The largest absolute Gasteiger partial charge is 0.465 e. The van der Waals surface area contributed by atoms with Crippen molar-refractivity contribution in [1.82, 2.24) is 19.8 Å². The maximum Gasteiger partial charge on any atom is 0.407 e. The summed E-state index contributed by atoms with van der Waals surface area (Å²) in [6, 6.07) is 6.77. The highest BCUT2D eigenvalue weighted by atomic mass is 35.5. The lowest BCUT2D eigenvalue weighted by Gasteiger charge is -2.38. The van der Waals surface area contributed by atoms with Crippen molar-refractivity contribution in [1.29, 1.82) is 0 Å². The third-order valence-corrected chi connectivity index (χ3v) is 7.24. The van der Waals surface area contributed by atoms with Gasteiger partial charge in [-0.1, -0.05) is 30.7 Å². The van der Waals surface area contributed by atoms with Gasteiger partial charge in [0, 0.05) is 49.4 Å². The number of anilines is 1. The average Bonchev–Trinajstić information content (AvgIpc) is 3.13. The highest BCUT2D eigenvalue weighted by Gasteiger charge is 2.36. The van der Waals surface area contributed by atoms with Crippen LogP contribution < -0.4 is 4.90 Å². The normalized spacial score (nSPS) is 20.6. The Hall–Kier alpha value is -2.91. The number of aliphatic hydroxyl groups excluding tert-OH is 1. The summed E-state index contributed by atoms with van der Waals surface area (Å²) in [5, 5.41) is 20.6. The fraction of sp³-hybridized carbons (Fsp3) is 0.520. The van der Waals surface area contributed by atoms with E-state index in [1.807, 2.05) is 0 Å². The maximum absolute atomic E-state index is 13.7. The Labute approximate surface area is 210 Å². The molecule has 4 rings (SSSR count). The number of hydrogen-bond acceptors (Lipinski definition) is 6. The predicted molar refractivity (Wildman–Crippen MR) is 133 cm³/mol. The Morgan fingerprint density at radius 3 is 2.40 bits per heavy atom. The molecule has 1 aliphatic heterocycles. The number of carbonyl (C=O) groups is 2. The second-order valence-corrected chi connectivity index (χ2v) is 10.0. The lowest BCUT2D eigenvalue weighted by molar-refractivity contribution is -0.133. The SMILES string of the molecule is CC(C)N(C[C@@H](C(=O)N1CCN(c2ncnc3c2[C@H](C)C[C@H]3O)CC1)c1ccc(Cl)cc1)C(=O)O. The molecule has 2 amide bonds. The van der Waals surface area contributed by atoms with Gasteiger partial charge in [0.2, 0.25) is 5.91 Å². The number of hydrogen-bond donors (Lipinski definition) is 2. The van der Waals surface area contributed by atoms with Gasteiger partial charge < -0.3 is 24.9 Å². The van der Waals surface area contributed by atoms with Crippen LogP contribution >= 0.6 is 11.6 Å². The zero-order valence-electron chi connectivity index (χ0n) is 20.3. The molecular formula is C25H32ClN5O4. The Morgan fingerprint density at radius 1 is 1.14 bits per heavy atom. The van der Waals surface area contributed by atoms with Gasteiger partial charge >= 0.3 is 6.09 Å². The molecule has 1 aromatic carbocycles. The van der Waals surface area contributed by atoms with E-state index in [9.17, 15) is 19.8 Å². The van der Waals surface area contributed by atoms with Crippen molar-refractivity contribution in [3.8, 4) is 0 Å². The molecule has 0 bridgehead atoms. The molecule has 1 fully saturated rings. The van der Waals surface area contributed by atoms with Crippen LogP contribution in [0.15, 0.2) is 30.6 Å². The van der Waals surface area contributed by atoms with Crippen LogP contribution in [0.3, 0.4) is 0 Å². The lowest BCUT2D eigenvalue weighted by atomic mass is 9.96. The topological polar surface area (TPSA) is 110 Å². The maximum atomic E-state index is 13.7. The second kappa shape index (κ2) is 10.4. The lowest BCUT2D eigenvalue weighted by Crippen LogP contribution is -2.52. The molecule has 2 aromatic rings. The Bertz CT molecular complexity index is 1070. The number of fused-ring (bicyclic) bond motifs is 1. The Kier molecular flexibility index (Phi) is 7.47. The second-order valence-electron chi connectivity index (χ2n) is 9.59. The van der Waals surface area contributed by atoms with Crippen LogP contribution in [0.5, 0.6) is 0 Å². The van der Waals surface area contributed by atoms with Crippen LogP contribution in [-0.4, -0.2) is 80.7 Å². The zero-order chi connectivity index (χ0) is 25.3. The summed E-state index contributed by atoms with van der Waals surface area (Å²) in [7, 11) is 0. The van der Waals surface area contributed by atoms with Crippen molar-refractivity contribution in [3.05, 3.63) is 52.4 Å². The van der Waals surface area contributed by atoms with E-state index in [4.69, 9.17) is 11.6 Å². The molecule has 2 N–H and O–H groups in total. The molecule has 0 unspecified atom stereocenters. The van der Waals surface area contributed by atoms with E-state index in [1.54, 1.807) is 43.0 Å². The molecule has 10 heteroatoms. The highest BCUT2D eigenvalue weighted by Crippen LogP contribution is 2.42. The number of aromatic nitrogens is 2.